The van der Waals surface area contributed by atoms with Gasteiger partial charge in [-0.3, -0.25) is 0 Å². The van der Waals surface area contributed by atoms with Crippen LogP contribution >= 0.6 is 0 Å². The zero-order valence-corrected chi connectivity index (χ0v) is 13.4. The summed E-state index contributed by atoms with van der Waals surface area (Å²) in [5.41, 5.74) is 0.459. The van der Waals surface area contributed by atoms with Crippen LogP contribution in [0.5, 0.6) is 5.75 Å². The number of sulfonamides is 1. The van der Waals surface area contributed by atoms with Crippen molar-refractivity contribution in [1.29, 1.82) is 0 Å². The third-order valence-corrected chi connectivity index (χ3v) is 6.34. The Morgan fingerprint density at radius 3 is 2.68 bits per heavy atom. The molecule has 3 aliphatic heterocycles. The number of ether oxygens (including phenoxy) is 3. The van der Waals surface area contributed by atoms with Gasteiger partial charge in [0.05, 0.1) is 18.1 Å². The summed E-state index contributed by atoms with van der Waals surface area (Å²) < 4.78 is 43.7. The standard InChI is InChI=1S/C15H19NO5S/c1-15(2)14-13(20-14)11-9-10(3-4-12(11)21-15)22(17,18)16-5-7-19-8-6-16/h3-4,9,13-14H,5-8H2,1-2H3/t13-,14-/m0/s1. The molecule has 2 saturated heterocycles. The lowest BCUT2D eigenvalue weighted by Crippen LogP contribution is -2.41. The van der Waals surface area contributed by atoms with Crippen molar-refractivity contribution in [3.8, 4) is 5.75 Å². The Labute approximate surface area is 130 Å². The molecule has 3 aliphatic rings. The van der Waals surface area contributed by atoms with E-state index in [1.54, 1.807) is 18.2 Å². The molecule has 0 aromatic heterocycles. The van der Waals surface area contributed by atoms with Crippen LogP contribution in [0, 0.1) is 0 Å². The molecule has 0 N–H and O–H groups in total. The van der Waals surface area contributed by atoms with E-state index in [1.165, 1.54) is 4.31 Å². The van der Waals surface area contributed by atoms with Crippen LogP contribution in [0.2, 0.25) is 0 Å². The molecule has 0 spiro atoms. The second-order valence-electron chi connectivity index (χ2n) is 6.40. The van der Waals surface area contributed by atoms with Crippen LogP contribution in [-0.2, 0) is 19.5 Å². The van der Waals surface area contributed by atoms with E-state index >= 15 is 0 Å². The predicted octanol–water partition coefficient (Wildman–Crippen LogP) is 1.32. The summed E-state index contributed by atoms with van der Waals surface area (Å²) >= 11 is 0. The number of rotatable bonds is 2. The topological polar surface area (TPSA) is 68.4 Å². The van der Waals surface area contributed by atoms with E-state index in [0.29, 0.717) is 36.9 Å². The van der Waals surface area contributed by atoms with Crippen molar-refractivity contribution in [2.75, 3.05) is 26.3 Å². The minimum atomic E-state index is -3.49. The largest absolute Gasteiger partial charge is 0.485 e. The van der Waals surface area contributed by atoms with Crippen LogP contribution in [0.1, 0.15) is 25.5 Å². The van der Waals surface area contributed by atoms with Gasteiger partial charge in [0.1, 0.15) is 23.6 Å². The lowest BCUT2D eigenvalue weighted by Gasteiger charge is -2.30. The summed E-state index contributed by atoms with van der Waals surface area (Å²) in [6.07, 6.45) is -0.0556. The van der Waals surface area contributed by atoms with E-state index in [0.717, 1.165) is 5.56 Å². The van der Waals surface area contributed by atoms with Gasteiger partial charge in [-0.2, -0.15) is 4.31 Å². The summed E-state index contributed by atoms with van der Waals surface area (Å²) in [7, 11) is -3.49. The summed E-state index contributed by atoms with van der Waals surface area (Å²) in [6.45, 7) is 5.64. The molecule has 4 rings (SSSR count). The molecule has 7 heteroatoms. The Kier molecular flexibility index (Phi) is 3.07. The fraction of sp³-hybridized carbons (Fsp3) is 0.600. The van der Waals surface area contributed by atoms with Crippen LogP contribution in [-0.4, -0.2) is 50.7 Å². The van der Waals surface area contributed by atoms with Crippen LogP contribution in [0.15, 0.2) is 23.1 Å². The van der Waals surface area contributed by atoms with Crippen LogP contribution in [0.3, 0.4) is 0 Å². The van der Waals surface area contributed by atoms with E-state index in [-0.39, 0.29) is 17.8 Å². The molecule has 0 unspecified atom stereocenters. The quantitative estimate of drug-likeness (QED) is 0.767. The molecule has 0 saturated carbocycles. The first-order valence-corrected chi connectivity index (χ1v) is 8.90. The minimum Gasteiger partial charge on any atom is -0.485 e. The Morgan fingerprint density at radius 1 is 1.23 bits per heavy atom. The van der Waals surface area contributed by atoms with Gasteiger partial charge in [0.2, 0.25) is 10.0 Å². The third kappa shape index (κ3) is 2.15. The molecular weight excluding hydrogens is 306 g/mol. The van der Waals surface area contributed by atoms with Crippen LogP contribution < -0.4 is 4.74 Å². The first-order chi connectivity index (χ1) is 10.4. The number of nitrogens with zero attached hydrogens (tertiary/aromatic N) is 1. The lowest BCUT2D eigenvalue weighted by atomic mass is 9.94. The van der Waals surface area contributed by atoms with Crippen LogP contribution in [0.25, 0.3) is 0 Å². The van der Waals surface area contributed by atoms with Crippen molar-refractivity contribution in [3.05, 3.63) is 23.8 Å². The van der Waals surface area contributed by atoms with Gasteiger partial charge in [0.25, 0.3) is 0 Å². The number of fused-ring (bicyclic) bond motifs is 3. The smallest absolute Gasteiger partial charge is 0.243 e. The number of benzene rings is 1. The summed E-state index contributed by atoms with van der Waals surface area (Å²) in [5, 5.41) is 0. The molecule has 2 atom stereocenters. The maximum atomic E-state index is 12.7. The molecule has 2 fully saturated rings. The van der Waals surface area contributed by atoms with E-state index < -0.39 is 10.0 Å². The molecular formula is C15H19NO5S. The average molecular weight is 325 g/mol. The predicted molar refractivity (Wildman–Crippen MR) is 78.3 cm³/mol. The SMILES string of the molecule is CC1(C)Oc2ccc(S(=O)(=O)N3CCOCC3)cc2[C@@H]2O[C@@H]21. The van der Waals surface area contributed by atoms with E-state index in [9.17, 15) is 8.42 Å². The summed E-state index contributed by atoms with van der Waals surface area (Å²) in [6, 6.07) is 5.05. The van der Waals surface area contributed by atoms with E-state index in [1.807, 2.05) is 13.8 Å². The maximum Gasteiger partial charge on any atom is 0.243 e. The van der Waals surface area contributed by atoms with Gasteiger partial charge in [-0.1, -0.05) is 0 Å². The number of morpholine rings is 1. The van der Waals surface area contributed by atoms with Gasteiger partial charge in [-0.05, 0) is 32.0 Å². The second kappa shape index (κ2) is 4.67. The van der Waals surface area contributed by atoms with Crippen molar-refractivity contribution in [1.82, 2.24) is 4.31 Å². The first-order valence-electron chi connectivity index (χ1n) is 7.46. The van der Waals surface area contributed by atoms with E-state index in [2.05, 4.69) is 0 Å². The molecule has 6 nitrogen and oxygen atoms in total. The van der Waals surface area contributed by atoms with Crippen molar-refractivity contribution in [2.45, 2.75) is 36.6 Å². The average Bonchev–Trinajstić information content (AvgIpc) is 3.29. The molecule has 0 bridgehead atoms. The fourth-order valence-corrected chi connectivity index (χ4v) is 4.60. The Hall–Kier alpha value is -1.15. The highest BCUT2D eigenvalue weighted by Gasteiger charge is 2.56. The van der Waals surface area contributed by atoms with Gasteiger partial charge in [0, 0.05) is 18.7 Å². The number of hydrogen-bond donors (Lipinski definition) is 0. The molecule has 22 heavy (non-hydrogen) atoms. The molecule has 3 heterocycles. The highest BCUT2D eigenvalue weighted by Crippen LogP contribution is 2.54. The van der Waals surface area contributed by atoms with Crippen molar-refractivity contribution in [2.24, 2.45) is 0 Å². The van der Waals surface area contributed by atoms with Crippen molar-refractivity contribution >= 4 is 10.0 Å². The van der Waals surface area contributed by atoms with Crippen LogP contribution in [0.4, 0.5) is 0 Å². The Balaban J connectivity index is 1.69. The second-order valence-corrected chi connectivity index (χ2v) is 8.34. The number of hydrogen-bond acceptors (Lipinski definition) is 5. The molecule has 0 aliphatic carbocycles. The van der Waals surface area contributed by atoms with Crippen molar-refractivity contribution < 1.29 is 22.6 Å². The first kappa shape index (κ1) is 14.4. The van der Waals surface area contributed by atoms with E-state index in [4.69, 9.17) is 14.2 Å². The van der Waals surface area contributed by atoms with Gasteiger partial charge >= 0.3 is 0 Å². The number of epoxide rings is 1. The maximum absolute atomic E-state index is 12.7. The van der Waals surface area contributed by atoms with Gasteiger partial charge in [-0.15, -0.1) is 0 Å². The van der Waals surface area contributed by atoms with Crippen molar-refractivity contribution in [3.63, 3.8) is 0 Å². The summed E-state index contributed by atoms with van der Waals surface area (Å²) in [4.78, 5) is 0.297. The zero-order chi connectivity index (χ0) is 15.5. The van der Waals surface area contributed by atoms with Gasteiger partial charge in [-0.25, -0.2) is 8.42 Å². The minimum absolute atomic E-state index is 0.00124. The molecule has 1 aromatic rings. The molecule has 1 aromatic carbocycles. The monoisotopic (exact) mass is 325 g/mol. The highest BCUT2D eigenvalue weighted by atomic mass is 32.2. The Bertz CT molecular complexity index is 709. The third-order valence-electron chi connectivity index (χ3n) is 4.45. The molecule has 0 radical (unpaired) electrons. The lowest BCUT2D eigenvalue weighted by molar-refractivity contribution is 0.0720. The van der Waals surface area contributed by atoms with Gasteiger partial charge < -0.3 is 14.2 Å². The highest BCUT2D eigenvalue weighted by molar-refractivity contribution is 7.89. The zero-order valence-electron chi connectivity index (χ0n) is 12.6. The normalized spacial score (nSPS) is 30.1. The van der Waals surface area contributed by atoms with Gasteiger partial charge in [0.15, 0.2) is 0 Å². The summed E-state index contributed by atoms with van der Waals surface area (Å²) in [5.74, 6) is 0.713. The molecule has 120 valence electrons. The molecule has 0 amide bonds. The fourth-order valence-electron chi connectivity index (χ4n) is 3.16. The Morgan fingerprint density at radius 2 is 1.95 bits per heavy atom.